The normalized spacial score (nSPS) is 10.8. The SMILES string of the molecule is CN(C)C(=O)c1cccc(NC(=O)c2oc3ccccc3c2CSc2ccc(Cl)cc2)c1. The summed E-state index contributed by atoms with van der Waals surface area (Å²) < 4.78 is 5.93. The van der Waals surface area contributed by atoms with E-state index in [-0.39, 0.29) is 17.6 Å². The summed E-state index contributed by atoms with van der Waals surface area (Å²) in [7, 11) is 3.37. The van der Waals surface area contributed by atoms with Crippen LogP contribution in [0.4, 0.5) is 5.69 Å². The number of carbonyl (C=O) groups excluding carboxylic acids is 2. The third kappa shape index (κ3) is 4.82. The zero-order valence-electron chi connectivity index (χ0n) is 17.6. The molecule has 0 fully saturated rings. The number of nitrogens with zero attached hydrogens (tertiary/aromatic N) is 1. The predicted octanol–water partition coefficient (Wildman–Crippen LogP) is 6.33. The summed E-state index contributed by atoms with van der Waals surface area (Å²) in [4.78, 5) is 27.9. The van der Waals surface area contributed by atoms with Gasteiger partial charge >= 0.3 is 0 Å². The van der Waals surface area contributed by atoms with Gasteiger partial charge in [-0.05, 0) is 48.5 Å². The zero-order chi connectivity index (χ0) is 22.7. The quantitative estimate of drug-likeness (QED) is 0.338. The van der Waals surface area contributed by atoms with E-state index in [1.165, 1.54) is 4.90 Å². The molecule has 4 rings (SSSR count). The van der Waals surface area contributed by atoms with Crippen LogP contribution in [0.1, 0.15) is 26.5 Å². The van der Waals surface area contributed by atoms with Gasteiger partial charge in [0, 0.05) is 52.0 Å². The van der Waals surface area contributed by atoms with Gasteiger partial charge in [-0.2, -0.15) is 0 Å². The highest BCUT2D eigenvalue weighted by atomic mass is 35.5. The first kappa shape index (κ1) is 22.0. The molecule has 7 heteroatoms. The van der Waals surface area contributed by atoms with E-state index in [0.29, 0.717) is 27.6 Å². The largest absolute Gasteiger partial charge is 0.451 e. The van der Waals surface area contributed by atoms with Crippen LogP contribution < -0.4 is 5.32 Å². The fraction of sp³-hybridized carbons (Fsp3) is 0.120. The Morgan fingerprint density at radius 2 is 1.75 bits per heavy atom. The number of rotatable bonds is 6. The lowest BCUT2D eigenvalue weighted by Gasteiger charge is -2.11. The van der Waals surface area contributed by atoms with Crippen LogP contribution in [0.15, 0.2) is 82.1 Å². The third-order valence-corrected chi connectivity index (χ3v) is 6.17. The van der Waals surface area contributed by atoms with E-state index < -0.39 is 0 Å². The van der Waals surface area contributed by atoms with Crippen LogP contribution in [0.2, 0.25) is 5.02 Å². The lowest BCUT2D eigenvalue weighted by Crippen LogP contribution is -2.22. The average molecular weight is 465 g/mol. The van der Waals surface area contributed by atoms with Gasteiger partial charge in [0.05, 0.1) is 0 Å². The monoisotopic (exact) mass is 464 g/mol. The van der Waals surface area contributed by atoms with Crippen molar-refractivity contribution in [3.05, 3.63) is 94.7 Å². The maximum Gasteiger partial charge on any atom is 0.291 e. The minimum absolute atomic E-state index is 0.134. The van der Waals surface area contributed by atoms with Gasteiger partial charge in [0.15, 0.2) is 5.76 Å². The lowest BCUT2D eigenvalue weighted by molar-refractivity contribution is 0.0827. The van der Waals surface area contributed by atoms with Crippen LogP contribution in [0, 0.1) is 0 Å². The number of halogens is 1. The minimum atomic E-state index is -0.359. The number of furan rings is 1. The second kappa shape index (κ2) is 9.51. The highest BCUT2D eigenvalue weighted by Gasteiger charge is 2.21. The molecule has 32 heavy (non-hydrogen) atoms. The molecule has 0 saturated heterocycles. The van der Waals surface area contributed by atoms with Crippen LogP contribution in [-0.4, -0.2) is 30.8 Å². The molecule has 162 valence electrons. The van der Waals surface area contributed by atoms with Gasteiger partial charge in [0.25, 0.3) is 11.8 Å². The van der Waals surface area contributed by atoms with Crippen molar-refractivity contribution < 1.29 is 14.0 Å². The number of hydrogen-bond acceptors (Lipinski definition) is 4. The number of nitrogens with one attached hydrogen (secondary N) is 1. The van der Waals surface area contributed by atoms with Gasteiger partial charge in [-0.1, -0.05) is 35.9 Å². The molecule has 0 radical (unpaired) electrons. The van der Waals surface area contributed by atoms with Crippen molar-refractivity contribution in [1.82, 2.24) is 4.90 Å². The molecule has 3 aromatic carbocycles. The van der Waals surface area contributed by atoms with E-state index in [9.17, 15) is 9.59 Å². The molecular formula is C25H21ClN2O3S. The van der Waals surface area contributed by atoms with E-state index in [2.05, 4.69) is 5.32 Å². The summed E-state index contributed by atoms with van der Waals surface area (Å²) in [6.45, 7) is 0. The van der Waals surface area contributed by atoms with E-state index in [1.54, 1.807) is 50.1 Å². The van der Waals surface area contributed by atoms with Crippen molar-refractivity contribution in [2.75, 3.05) is 19.4 Å². The van der Waals surface area contributed by atoms with Gasteiger partial charge in [0.1, 0.15) is 5.58 Å². The van der Waals surface area contributed by atoms with E-state index in [1.807, 2.05) is 48.5 Å². The number of para-hydroxylation sites is 1. The van der Waals surface area contributed by atoms with Crippen molar-refractivity contribution in [3.63, 3.8) is 0 Å². The summed E-state index contributed by atoms with van der Waals surface area (Å²) in [5.74, 6) is 0.324. The molecule has 4 aromatic rings. The molecule has 0 unspecified atom stereocenters. The average Bonchev–Trinajstić information content (AvgIpc) is 3.17. The van der Waals surface area contributed by atoms with Gasteiger partial charge in [0.2, 0.25) is 0 Å². The molecule has 0 saturated carbocycles. The van der Waals surface area contributed by atoms with Gasteiger partial charge in [-0.3, -0.25) is 9.59 Å². The number of benzene rings is 3. The van der Waals surface area contributed by atoms with Crippen LogP contribution in [-0.2, 0) is 5.75 Å². The second-order valence-electron chi connectivity index (χ2n) is 7.38. The first-order valence-corrected chi connectivity index (χ1v) is 11.3. The first-order valence-electron chi connectivity index (χ1n) is 9.94. The Morgan fingerprint density at radius 3 is 2.50 bits per heavy atom. The maximum atomic E-state index is 13.1. The smallest absolute Gasteiger partial charge is 0.291 e. The van der Waals surface area contributed by atoms with Crippen molar-refractivity contribution >= 4 is 51.8 Å². The molecular weight excluding hydrogens is 444 g/mol. The van der Waals surface area contributed by atoms with Crippen LogP contribution in [0.3, 0.4) is 0 Å². The van der Waals surface area contributed by atoms with E-state index >= 15 is 0 Å². The zero-order valence-corrected chi connectivity index (χ0v) is 19.2. The Hall–Kier alpha value is -3.22. The summed E-state index contributed by atoms with van der Waals surface area (Å²) in [6, 6.07) is 22.0. The second-order valence-corrected chi connectivity index (χ2v) is 8.87. The number of hydrogen-bond donors (Lipinski definition) is 1. The summed E-state index contributed by atoms with van der Waals surface area (Å²) in [5, 5.41) is 4.45. The van der Waals surface area contributed by atoms with Crippen molar-refractivity contribution in [3.8, 4) is 0 Å². The van der Waals surface area contributed by atoms with Gasteiger partial charge in [-0.25, -0.2) is 0 Å². The number of anilines is 1. The molecule has 0 bridgehead atoms. The molecule has 2 amide bonds. The fourth-order valence-electron chi connectivity index (χ4n) is 3.29. The molecule has 1 aromatic heterocycles. The molecule has 1 N–H and O–H groups in total. The number of fused-ring (bicyclic) bond motifs is 1. The van der Waals surface area contributed by atoms with Gasteiger partial charge < -0.3 is 14.6 Å². The standard InChI is InChI=1S/C25H21ClN2O3S/c1-28(2)25(30)16-6-5-7-18(14-16)27-24(29)23-21(20-8-3-4-9-22(20)31-23)15-32-19-12-10-17(26)11-13-19/h3-14H,15H2,1-2H3,(H,27,29). The minimum Gasteiger partial charge on any atom is -0.451 e. The van der Waals surface area contributed by atoms with Crippen molar-refractivity contribution in [2.45, 2.75) is 10.6 Å². The topological polar surface area (TPSA) is 62.6 Å². The molecule has 0 spiro atoms. The molecule has 0 aliphatic rings. The van der Waals surface area contributed by atoms with Crippen LogP contribution in [0.25, 0.3) is 11.0 Å². The first-order chi connectivity index (χ1) is 15.4. The van der Waals surface area contributed by atoms with Crippen LogP contribution in [0.5, 0.6) is 0 Å². The highest BCUT2D eigenvalue weighted by molar-refractivity contribution is 7.98. The highest BCUT2D eigenvalue weighted by Crippen LogP contribution is 2.33. The Labute approximate surface area is 195 Å². The summed E-state index contributed by atoms with van der Waals surface area (Å²) in [5.41, 5.74) is 2.50. The Bertz CT molecular complexity index is 1280. The van der Waals surface area contributed by atoms with E-state index in [0.717, 1.165) is 15.8 Å². The van der Waals surface area contributed by atoms with E-state index in [4.69, 9.17) is 16.0 Å². The molecule has 0 aliphatic carbocycles. The van der Waals surface area contributed by atoms with Crippen LogP contribution >= 0.6 is 23.4 Å². The summed E-state index contributed by atoms with van der Waals surface area (Å²) >= 11 is 7.58. The van der Waals surface area contributed by atoms with Crippen molar-refractivity contribution in [2.24, 2.45) is 0 Å². The lowest BCUT2D eigenvalue weighted by atomic mass is 10.1. The molecule has 1 heterocycles. The number of amides is 2. The predicted molar refractivity (Wildman–Crippen MR) is 130 cm³/mol. The Kier molecular flexibility index (Phi) is 6.53. The maximum absolute atomic E-state index is 13.1. The van der Waals surface area contributed by atoms with Gasteiger partial charge in [-0.15, -0.1) is 11.8 Å². The van der Waals surface area contributed by atoms with Crippen molar-refractivity contribution in [1.29, 1.82) is 0 Å². The fourth-order valence-corrected chi connectivity index (χ4v) is 4.34. The third-order valence-electron chi connectivity index (χ3n) is 4.87. The number of carbonyl (C=O) groups is 2. The molecule has 0 atom stereocenters. The molecule has 0 aliphatic heterocycles. The Balaban J connectivity index is 1.61. The number of thioether (sulfide) groups is 1. The summed E-state index contributed by atoms with van der Waals surface area (Å²) in [6.07, 6.45) is 0. The Morgan fingerprint density at radius 1 is 1.00 bits per heavy atom. The molecule has 5 nitrogen and oxygen atoms in total.